The molecule has 4 heteroatoms. The van der Waals surface area contributed by atoms with Gasteiger partial charge in [0.2, 0.25) is 0 Å². The smallest absolute Gasteiger partial charge is 0.0739 e. The lowest BCUT2D eigenvalue weighted by molar-refractivity contribution is 0.0394. The minimum Gasteiger partial charge on any atom is -0.391 e. The highest BCUT2D eigenvalue weighted by molar-refractivity contribution is 14.1. The van der Waals surface area contributed by atoms with Crippen LogP contribution in [-0.4, -0.2) is 48.3 Å². The highest BCUT2D eigenvalue weighted by Gasteiger charge is 2.34. The maximum absolute atomic E-state index is 10.7. The van der Waals surface area contributed by atoms with Crippen LogP contribution in [0.5, 0.6) is 0 Å². The van der Waals surface area contributed by atoms with E-state index in [9.17, 15) is 5.11 Å². The molecule has 0 aromatic heterocycles. The van der Waals surface area contributed by atoms with Crippen LogP contribution in [0.25, 0.3) is 0 Å². The number of nitrogens with zero attached hydrogens (tertiary/aromatic N) is 2. The van der Waals surface area contributed by atoms with Gasteiger partial charge in [0, 0.05) is 47.9 Å². The monoisotopic (exact) mass is 448 g/mol. The first kappa shape index (κ1) is 17.3. The zero-order chi connectivity index (χ0) is 17.4. The SMILES string of the molecule is Cc1cccc(N2CCN(C3Cc4c(I)cccc4CC3O)CC2)c1. The lowest BCUT2D eigenvalue weighted by Gasteiger charge is -2.44. The van der Waals surface area contributed by atoms with Crippen molar-refractivity contribution in [1.82, 2.24) is 4.90 Å². The van der Waals surface area contributed by atoms with Crippen LogP contribution in [0.15, 0.2) is 42.5 Å². The van der Waals surface area contributed by atoms with Crippen molar-refractivity contribution in [2.45, 2.75) is 31.9 Å². The van der Waals surface area contributed by atoms with Crippen molar-refractivity contribution >= 4 is 28.3 Å². The van der Waals surface area contributed by atoms with Crippen molar-refractivity contribution in [1.29, 1.82) is 0 Å². The Balaban J connectivity index is 1.45. The number of hydrogen-bond donors (Lipinski definition) is 1. The Kier molecular flexibility index (Phi) is 5.02. The van der Waals surface area contributed by atoms with Gasteiger partial charge in [-0.2, -0.15) is 0 Å². The molecule has 0 amide bonds. The summed E-state index contributed by atoms with van der Waals surface area (Å²) in [5.41, 5.74) is 5.41. The molecule has 1 N–H and O–H groups in total. The topological polar surface area (TPSA) is 26.7 Å². The Morgan fingerprint density at radius 3 is 2.52 bits per heavy atom. The van der Waals surface area contributed by atoms with Gasteiger partial charge >= 0.3 is 0 Å². The van der Waals surface area contributed by atoms with Crippen molar-refractivity contribution in [3.05, 3.63) is 62.7 Å². The van der Waals surface area contributed by atoms with Crippen molar-refractivity contribution in [2.24, 2.45) is 0 Å². The number of benzene rings is 2. The molecule has 1 heterocycles. The number of aryl methyl sites for hydroxylation is 1. The fourth-order valence-corrected chi connectivity index (χ4v) is 5.01. The summed E-state index contributed by atoms with van der Waals surface area (Å²) in [5, 5.41) is 10.7. The van der Waals surface area contributed by atoms with Gasteiger partial charge in [0.25, 0.3) is 0 Å². The highest BCUT2D eigenvalue weighted by atomic mass is 127. The van der Waals surface area contributed by atoms with Crippen molar-refractivity contribution < 1.29 is 5.11 Å². The average Bonchev–Trinajstić information content (AvgIpc) is 2.62. The van der Waals surface area contributed by atoms with E-state index in [1.165, 1.54) is 25.9 Å². The average molecular weight is 448 g/mol. The van der Waals surface area contributed by atoms with E-state index in [0.29, 0.717) is 0 Å². The maximum Gasteiger partial charge on any atom is 0.0739 e. The van der Waals surface area contributed by atoms with E-state index in [4.69, 9.17) is 0 Å². The molecule has 4 rings (SSSR count). The standard InChI is InChI=1S/C21H25IN2O/c1-15-4-2-6-17(12-15)23-8-10-24(11-9-23)20-14-18-16(13-21(20)25)5-3-7-19(18)22/h2-7,12,20-21,25H,8-11,13-14H2,1H3. The zero-order valence-corrected chi connectivity index (χ0v) is 16.8. The first-order chi connectivity index (χ1) is 12.1. The molecule has 25 heavy (non-hydrogen) atoms. The Bertz CT molecular complexity index is 755. The van der Waals surface area contributed by atoms with Gasteiger partial charge in [-0.15, -0.1) is 0 Å². The third kappa shape index (κ3) is 3.57. The van der Waals surface area contributed by atoms with Gasteiger partial charge in [-0.25, -0.2) is 0 Å². The van der Waals surface area contributed by atoms with E-state index in [1.54, 1.807) is 0 Å². The summed E-state index contributed by atoms with van der Waals surface area (Å²) in [6, 6.07) is 15.5. The van der Waals surface area contributed by atoms with Crippen LogP contribution < -0.4 is 4.90 Å². The predicted octanol–water partition coefficient (Wildman–Crippen LogP) is 3.25. The number of piperazine rings is 1. The van der Waals surface area contributed by atoms with Crippen LogP contribution >= 0.6 is 22.6 Å². The normalized spacial score (nSPS) is 24.2. The quantitative estimate of drug-likeness (QED) is 0.715. The fourth-order valence-electron chi connectivity index (χ4n) is 4.24. The second kappa shape index (κ2) is 7.25. The number of hydrogen-bond acceptors (Lipinski definition) is 3. The molecule has 1 fully saturated rings. The molecule has 2 aliphatic rings. The molecule has 1 aliphatic heterocycles. The number of halogens is 1. The molecular weight excluding hydrogens is 423 g/mol. The van der Waals surface area contributed by atoms with Crippen LogP contribution in [0, 0.1) is 10.5 Å². The Labute approximate surface area is 163 Å². The molecule has 2 aromatic carbocycles. The molecule has 0 saturated carbocycles. The van der Waals surface area contributed by atoms with E-state index < -0.39 is 0 Å². The Morgan fingerprint density at radius 1 is 1.00 bits per heavy atom. The van der Waals surface area contributed by atoms with Crippen LogP contribution in [0.3, 0.4) is 0 Å². The summed E-state index contributed by atoms with van der Waals surface area (Å²) in [7, 11) is 0. The lowest BCUT2D eigenvalue weighted by Crippen LogP contribution is -2.56. The van der Waals surface area contributed by atoms with Crippen LogP contribution in [-0.2, 0) is 12.8 Å². The minimum atomic E-state index is -0.254. The van der Waals surface area contributed by atoms with Gasteiger partial charge < -0.3 is 10.0 Å². The summed E-state index contributed by atoms with van der Waals surface area (Å²) in [4.78, 5) is 4.97. The number of rotatable bonds is 2. The highest BCUT2D eigenvalue weighted by Crippen LogP contribution is 2.29. The van der Waals surface area contributed by atoms with Gasteiger partial charge in [0.1, 0.15) is 0 Å². The summed E-state index contributed by atoms with van der Waals surface area (Å²) in [6.45, 7) is 6.26. The van der Waals surface area contributed by atoms with E-state index in [-0.39, 0.29) is 12.1 Å². The molecule has 1 saturated heterocycles. The maximum atomic E-state index is 10.7. The van der Waals surface area contributed by atoms with Crippen molar-refractivity contribution in [3.8, 4) is 0 Å². The summed E-state index contributed by atoms with van der Waals surface area (Å²) in [5.74, 6) is 0. The number of aliphatic hydroxyl groups excluding tert-OH is 1. The lowest BCUT2D eigenvalue weighted by atomic mass is 9.85. The number of anilines is 1. The molecule has 2 atom stereocenters. The molecule has 0 bridgehead atoms. The third-order valence-corrected chi connectivity index (χ3v) is 6.66. The number of aliphatic hydroxyl groups is 1. The van der Waals surface area contributed by atoms with E-state index >= 15 is 0 Å². The largest absolute Gasteiger partial charge is 0.391 e. The zero-order valence-electron chi connectivity index (χ0n) is 14.7. The second-order valence-electron chi connectivity index (χ2n) is 7.28. The molecule has 2 unspecified atom stereocenters. The van der Waals surface area contributed by atoms with Crippen LogP contribution in [0.4, 0.5) is 5.69 Å². The van der Waals surface area contributed by atoms with Gasteiger partial charge in [0.05, 0.1) is 6.10 Å². The van der Waals surface area contributed by atoms with Crippen molar-refractivity contribution in [2.75, 3.05) is 31.1 Å². The van der Waals surface area contributed by atoms with Crippen LogP contribution in [0.1, 0.15) is 16.7 Å². The van der Waals surface area contributed by atoms with Gasteiger partial charge in [0.15, 0.2) is 0 Å². The summed E-state index contributed by atoms with van der Waals surface area (Å²) >= 11 is 2.44. The predicted molar refractivity (Wildman–Crippen MR) is 111 cm³/mol. The molecule has 2 aromatic rings. The van der Waals surface area contributed by atoms with E-state index in [2.05, 4.69) is 81.8 Å². The second-order valence-corrected chi connectivity index (χ2v) is 8.44. The number of fused-ring (bicyclic) bond motifs is 1. The fraction of sp³-hybridized carbons (Fsp3) is 0.429. The molecule has 0 radical (unpaired) electrons. The van der Waals surface area contributed by atoms with Gasteiger partial charge in [-0.1, -0.05) is 24.3 Å². The minimum absolute atomic E-state index is 0.253. The van der Waals surface area contributed by atoms with E-state index in [0.717, 1.165) is 39.0 Å². The molecule has 132 valence electrons. The van der Waals surface area contributed by atoms with Gasteiger partial charge in [-0.05, 0) is 70.8 Å². The van der Waals surface area contributed by atoms with Crippen molar-refractivity contribution in [3.63, 3.8) is 0 Å². The Morgan fingerprint density at radius 2 is 1.76 bits per heavy atom. The van der Waals surface area contributed by atoms with Gasteiger partial charge in [-0.3, -0.25) is 4.90 Å². The summed E-state index contributed by atoms with van der Waals surface area (Å²) in [6.07, 6.45) is 1.51. The van der Waals surface area contributed by atoms with Crippen LogP contribution in [0.2, 0.25) is 0 Å². The van der Waals surface area contributed by atoms with E-state index in [1.807, 2.05) is 0 Å². The summed E-state index contributed by atoms with van der Waals surface area (Å²) < 4.78 is 1.34. The first-order valence-corrected chi connectivity index (χ1v) is 10.2. The molecule has 3 nitrogen and oxygen atoms in total. The third-order valence-electron chi connectivity index (χ3n) is 5.65. The molecule has 0 spiro atoms. The molecular formula is C21H25IN2O. The first-order valence-electron chi connectivity index (χ1n) is 9.12. The molecule has 1 aliphatic carbocycles. The Hall–Kier alpha value is -1.11.